The van der Waals surface area contributed by atoms with Gasteiger partial charge >= 0.3 is 11.9 Å². The number of carbonyl (C=O) groups excluding carboxylic acids is 2. The van der Waals surface area contributed by atoms with Gasteiger partial charge in [-0.3, -0.25) is 9.59 Å². The zero-order valence-electron chi connectivity index (χ0n) is 13.0. The summed E-state index contributed by atoms with van der Waals surface area (Å²) >= 11 is 0. The first-order valence-electron chi connectivity index (χ1n) is 7.25. The number of amides is 1. The predicted molar refractivity (Wildman–Crippen MR) is 80.1 cm³/mol. The molecule has 0 aliphatic carbocycles. The second kappa shape index (κ2) is 8.87. The van der Waals surface area contributed by atoms with Crippen LogP contribution in [0.2, 0.25) is 0 Å². The molecular weight excluding hydrogens is 305 g/mol. The number of hydrogen-bond acceptors (Lipinski definition) is 4. The van der Waals surface area contributed by atoms with Crippen LogP contribution in [0.15, 0.2) is 24.3 Å². The highest BCUT2D eigenvalue weighted by atomic mass is 19.1. The molecule has 6 nitrogen and oxygen atoms in total. The van der Waals surface area contributed by atoms with Crippen LogP contribution in [-0.2, 0) is 25.5 Å². The Balaban J connectivity index is 2.64. The fraction of sp³-hybridized carbons (Fsp3) is 0.438. The van der Waals surface area contributed by atoms with Gasteiger partial charge in [0.25, 0.3) is 0 Å². The van der Waals surface area contributed by atoms with E-state index < -0.39 is 35.6 Å². The van der Waals surface area contributed by atoms with Gasteiger partial charge in [0.05, 0.1) is 19.4 Å². The summed E-state index contributed by atoms with van der Waals surface area (Å²) in [7, 11) is 0. The molecule has 2 atom stereocenters. The van der Waals surface area contributed by atoms with Crippen molar-refractivity contribution in [3.05, 3.63) is 35.6 Å². The van der Waals surface area contributed by atoms with Gasteiger partial charge in [-0.25, -0.2) is 9.18 Å². The van der Waals surface area contributed by atoms with Crippen LogP contribution in [0.1, 0.15) is 25.8 Å². The average Bonchev–Trinajstić information content (AvgIpc) is 2.47. The number of ether oxygens (including phenoxy) is 1. The monoisotopic (exact) mass is 325 g/mol. The van der Waals surface area contributed by atoms with E-state index >= 15 is 0 Å². The van der Waals surface area contributed by atoms with Crippen molar-refractivity contribution in [2.45, 2.75) is 32.7 Å². The maximum Gasteiger partial charge on any atom is 0.326 e. The second-order valence-corrected chi connectivity index (χ2v) is 5.17. The molecule has 0 heterocycles. The topological polar surface area (TPSA) is 92.7 Å². The number of rotatable bonds is 8. The summed E-state index contributed by atoms with van der Waals surface area (Å²) in [6.07, 6.45) is -0.183. The Morgan fingerprint density at radius 2 is 1.87 bits per heavy atom. The summed E-state index contributed by atoms with van der Waals surface area (Å²) < 4.78 is 17.6. The highest BCUT2D eigenvalue weighted by Gasteiger charge is 2.28. The molecule has 0 aliphatic rings. The van der Waals surface area contributed by atoms with Gasteiger partial charge in [-0.1, -0.05) is 19.1 Å². The molecule has 0 spiro atoms. The van der Waals surface area contributed by atoms with E-state index in [0.29, 0.717) is 5.56 Å². The Kier molecular flexibility index (Phi) is 7.18. The molecule has 1 rings (SSSR count). The molecule has 0 aromatic heterocycles. The molecule has 0 aliphatic heterocycles. The van der Waals surface area contributed by atoms with Gasteiger partial charge in [0.2, 0.25) is 5.91 Å². The number of benzene rings is 1. The molecule has 0 saturated carbocycles. The molecule has 0 bridgehead atoms. The first-order valence-corrected chi connectivity index (χ1v) is 7.25. The van der Waals surface area contributed by atoms with Crippen molar-refractivity contribution < 1.29 is 28.6 Å². The van der Waals surface area contributed by atoms with Crippen LogP contribution in [0.5, 0.6) is 0 Å². The Bertz CT molecular complexity index is 558. The lowest BCUT2D eigenvalue weighted by Gasteiger charge is -2.20. The van der Waals surface area contributed by atoms with E-state index in [0.717, 1.165) is 0 Å². The Labute approximate surface area is 133 Å². The van der Waals surface area contributed by atoms with E-state index in [1.165, 1.54) is 24.3 Å². The van der Waals surface area contributed by atoms with E-state index in [1.807, 2.05) is 0 Å². The van der Waals surface area contributed by atoms with E-state index in [4.69, 9.17) is 4.74 Å². The van der Waals surface area contributed by atoms with Gasteiger partial charge < -0.3 is 15.2 Å². The van der Waals surface area contributed by atoms with Crippen molar-refractivity contribution in [2.24, 2.45) is 5.92 Å². The van der Waals surface area contributed by atoms with Gasteiger partial charge in [-0.05, 0) is 30.5 Å². The lowest BCUT2D eigenvalue weighted by atomic mass is 9.98. The quantitative estimate of drug-likeness (QED) is 0.707. The first-order chi connectivity index (χ1) is 10.8. The van der Waals surface area contributed by atoms with E-state index in [2.05, 4.69) is 5.32 Å². The zero-order chi connectivity index (χ0) is 17.4. The van der Waals surface area contributed by atoms with Crippen LogP contribution in [0.25, 0.3) is 0 Å². The van der Waals surface area contributed by atoms with Crippen LogP contribution in [-0.4, -0.2) is 35.6 Å². The van der Waals surface area contributed by atoms with Gasteiger partial charge in [-0.2, -0.15) is 0 Å². The van der Waals surface area contributed by atoms with E-state index in [9.17, 15) is 23.9 Å². The summed E-state index contributed by atoms with van der Waals surface area (Å²) in [5.74, 6) is -3.29. The molecule has 126 valence electrons. The Morgan fingerprint density at radius 3 is 2.39 bits per heavy atom. The van der Waals surface area contributed by atoms with Crippen LogP contribution in [0, 0.1) is 11.7 Å². The van der Waals surface area contributed by atoms with E-state index in [-0.39, 0.29) is 19.4 Å². The van der Waals surface area contributed by atoms with Gasteiger partial charge in [0.15, 0.2) is 0 Å². The van der Waals surface area contributed by atoms with Crippen LogP contribution in [0.3, 0.4) is 0 Å². The number of carbonyl (C=O) groups is 3. The lowest BCUT2D eigenvalue weighted by Crippen LogP contribution is -2.46. The molecular formula is C16H20FNO5. The van der Waals surface area contributed by atoms with Gasteiger partial charge in [0, 0.05) is 0 Å². The first kappa shape index (κ1) is 18.6. The molecule has 1 amide bonds. The third-order valence-electron chi connectivity index (χ3n) is 3.22. The van der Waals surface area contributed by atoms with Gasteiger partial charge in [-0.15, -0.1) is 0 Å². The zero-order valence-corrected chi connectivity index (χ0v) is 13.0. The number of hydrogen-bond donors (Lipinski definition) is 2. The molecule has 0 unspecified atom stereocenters. The number of nitrogens with one attached hydrogen (secondary N) is 1. The number of carboxylic acid groups (broad SMARTS) is 1. The minimum atomic E-state index is -1.23. The van der Waals surface area contributed by atoms with Gasteiger partial charge in [0.1, 0.15) is 11.9 Å². The van der Waals surface area contributed by atoms with Crippen molar-refractivity contribution in [1.29, 1.82) is 0 Å². The summed E-state index contributed by atoms with van der Waals surface area (Å²) in [4.78, 5) is 34.7. The molecule has 0 saturated heterocycles. The van der Waals surface area contributed by atoms with Crippen LogP contribution >= 0.6 is 0 Å². The molecule has 1 aromatic rings. The van der Waals surface area contributed by atoms with Crippen molar-refractivity contribution in [1.82, 2.24) is 5.32 Å². The molecule has 0 radical (unpaired) electrons. The molecule has 1 aromatic carbocycles. The lowest BCUT2D eigenvalue weighted by molar-refractivity contribution is -0.147. The minimum absolute atomic E-state index is 0.0732. The number of carboxylic acids is 1. The third-order valence-corrected chi connectivity index (χ3v) is 3.22. The summed E-state index contributed by atoms with van der Waals surface area (Å²) in [5.41, 5.74) is 0.561. The van der Waals surface area contributed by atoms with Crippen molar-refractivity contribution in [2.75, 3.05) is 6.61 Å². The minimum Gasteiger partial charge on any atom is -0.480 e. The highest BCUT2D eigenvalue weighted by molar-refractivity contribution is 5.85. The second-order valence-electron chi connectivity index (χ2n) is 5.17. The molecule has 23 heavy (non-hydrogen) atoms. The maximum absolute atomic E-state index is 12.8. The SMILES string of the molecule is CCOC(=O)C[C@H](C)[C@@H](NC(=O)Cc1ccc(F)cc1)C(=O)O. The number of halogens is 1. The fourth-order valence-electron chi connectivity index (χ4n) is 2.06. The predicted octanol–water partition coefficient (Wildman–Crippen LogP) is 1.53. The van der Waals surface area contributed by atoms with Crippen molar-refractivity contribution >= 4 is 17.8 Å². The third kappa shape index (κ3) is 6.46. The fourth-order valence-corrected chi connectivity index (χ4v) is 2.06. The van der Waals surface area contributed by atoms with Crippen molar-refractivity contribution in [3.63, 3.8) is 0 Å². The Morgan fingerprint density at radius 1 is 1.26 bits per heavy atom. The van der Waals surface area contributed by atoms with Crippen LogP contribution in [0.4, 0.5) is 4.39 Å². The molecule has 0 fully saturated rings. The number of aliphatic carboxylic acids is 1. The average molecular weight is 325 g/mol. The van der Waals surface area contributed by atoms with Crippen LogP contribution < -0.4 is 5.32 Å². The Hall–Kier alpha value is -2.44. The smallest absolute Gasteiger partial charge is 0.326 e. The molecule has 2 N–H and O–H groups in total. The normalized spacial score (nSPS) is 13.0. The highest BCUT2D eigenvalue weighted by Crippen LogP contribution is 2.11. The van der Waals surface area contributed by atoms with Crippen molar-refractivity contribution in [3.8, 4) is 0 Å². The standard InChI is InChI=1S/C16H20FNO5/c1-3-23-14(20)8-10(2)15(16(21)22)18-13(19)9-11-4-6-12(17)7-5-11/h4-7,10,15H,3,8-9H2,1-2H3,(H,18,19)(H,21,22)/t10-,15+/m0/s1. The summed E-state index contributed by atoms with van der Waals surface area (Å²) in [6, 6.07) is 4.15. The molecule has 7 heteroatoms. The summed E-state index contributed by atoms with van der Waals surface area (Å²) in [6.45, 7) is 3.41. The largest absolute Gasteiger partial charge is 0.480 e. The number of esters is 1. The maximum atomic E-state index is 12.8. The van der Waals surface area contributed by atoms with E-state index in [1.54, 1.807) is 13.8 Å². The summed E-state index contributed by atoms with van der Waals surface area (Å²) in [5, 5.41) is 11.6.